The molecular formula is C18H28N2O4Si. The van der Waals surface area contributed by atoms with E-state index in [0.29, 0.717) is 26.4 Å². The fourth-order valence-electron chi connectivity index (χ4n) is 3.24. The number of benzene rings is 1. The van der Waals surface area contributed by atoms with Crippen molar-refractivity contribution in [2.45, 2.75) is 26.3 Å². The Morgan fingerprint density at radius 1 is 1.16 bits per heavy atom. The third-order valence-corrected chi connectivity index (χ3v) is 7.62. The van der Waals surface area contributed by atoms with Crippen molar-refractivity contribution < 1.29 is 18.4 Å². The van der Waals surface area contributed by atoms with Crippen molar-refractivity contribution in [1.82, 2.24) is 4.90 Å². The molecule has 25 heavy (non-hydrogen) atoms. The van der Waals surface area contributed by atoms with Crippen molar-refractivity contribution in [2.75, 3.05) is 46.0 Å². The molecule has 1 N–H and O–H groups in total. The first-order valence-electron chi connectivity index (χ1n) is 9.03. The van der Waals surface area contributed by atoms with Gasteiger partial charge in [-0.05, 0) is 38.0 Å². The van der Waals surface area contributed by atoms with Gasteiger partial charge in [0.15, 0.2) is 0 Å². The number of phenolic OH excluding ortho intramolecular Hbond substituents is 1. The maximum absolute atomic E-state index is 10.1. The number of hydrogen-bond acceptors (Lipinski definition) is 6. The lowest BCUT2D eigenvalue weighted by Crippen LogP contribution is -2.55. The van der Waals surface area contributed by atoms with Crippen molar-refractivity contribution in [3.63, 3.8) is 0 Å². The number of aliphatic imine (C=N–C) groups is 1. The van der Waals surface area contributed by atoms with Gasteiger partial charge in [-0.25, -0.2) is 0 Å². The molecule has 7 heteroatoms. The zero-order valence-corrected chi connectivity index (χ0v) is 16.2. The third-order valence-electron chi connectivity index (χ3n) is 4.72. The lowest BCUT2D eigenvalue weighted by Gasteiger charge is -2.38. The van der Waals surface area contributed by atoms with Crippen LogP contribution >= 0.6 is 0 Å². The molecule has 3 aliphatic heterocycles. The Morgan fingerprint density at radius 3 is 2.40 bits per heavy atom. The standard InChI is InChI=1S/C18H28N2O4Si/c1-15-4-5-17(18(21)14-15)16(2)19-6-3-13-25-22-10-7-20(8-11-23-25)9-12-24-25/h4-5,14,21H,3,6-13H2,1-2H3. The predicted octanol–water partition coefficient (Wildman–Crippen LogP) is 2.22. The SMILES string of the molecule is CC(=NCCC[Si]12OCCN(CCO1)CCO2)c1ccc(C)cc1O. The summed E-state index contributed by atoms with van der Waals surface area (Å²) in [6.45, 7) is 9.52. The average molecular weight is 365 g/mol. The normalized spacial score (nSPS) is 27.6. The van der Waals surface area contributed by atoms with Crippen LogP contribution in [0.25, 0.3) is 0 Å². The molecule has 0 aliphatic carbocycles. The molecule has 1 aromatic carbocycles. The third kappa shape index (κ3) is 4.89. The van der Waals surface area contributed by atoms with Crippen LogP contribution in [0.3, 0.4) is 0 Å². The van der Waals surface area contributed by atoms with Crippen molar-refractivity contribution in [2.24, 2.45) is 4.99 Å². The summed E-state index contributed by atoms with van der Waals surface area (Å²) in [6, 6.07) is 6.47. The zero-order valence-electron chi connectivity index (χ0n) is 15.2. The summed E-state index contributed by atoms with van der Waals surface area (Å²) in [5.74, 6) is 0.286. The highest BCUT2D eigenvalue weighted by molar-refractivity contribution is 6.60. The molecular weight excluding hydrogens is 336 g/mol. The summed E-state index contributed by atoms with van der Waals surface area (Å²) in [4.78, 5) is 6.93. The van der Waals surface area contributed by atoms with Crippen LogP contribution < -0.4 is 0 Å². The first-order chi connectivity index (χ1) is 12.1. The Bertz CT molecular complexity index is 597. The second kappa shape index (κ2) is 8.42. The van der Waals surface area contributed by atoms with Crippen LogP contribution in [-0.4, -0.2) is 70.5 Å². The second-order valence-corrected chi connectivity index (χ2v) is 9.39. The number of aromatic hydroxyl groups is 1. The number of nitrogens with zero attached hydrogens (tertiary/aromatic N) is 2. The van der Waals surface area contributed by atoms with Gasteiger partial charge >= 0.3 is 8.80 Å². The monoisotopic (exact) mass is 364 g/mol. The highest BCUT2D eigenvalue weighted by Gasteiger charge is 2.43. The smallest absolute Gasteiger partial charge is 0.501 e. The summed E-state index contributed by atoms with van der Waals surface area (Å²) >= 11 is 0. The summed E-state index contributed by atoms with van der Waals surface area (Å²) in [5.41, 5.74) is 2.69. The summed E-state index contributed by atoms with van der Waals surface area (Å²) in [5, 5.41) is 10.1. The van der Waals surface area contributed by atoms with Gasteiger partial charge in [0.25, 0.3) is 0 Å². The van der Waals surface area contributed by atoms with E-state index in [2.05, 4.69) is 9.89 Å². The Morgan fingerprint density at radius 2 is 1.80 bits per heavy atom. The van der Waals surface area contributed by atoms with Crippen LogP contribution in [0.15, 0.2) is 23.2 Å². The van der Waals surface area contributed by atoms with Gasteiger partial charge in [0.05, 0.1) is 19.8 Å². The van der Waals surface area contributed by atoms with E-state index in [-0.39, 0.29) is 5.75 Å². The minimum atomic E-state index is -2.54. The Balaban J connectivity index is 1.55. The van der Waals surface area contributed by atoms with E-state index in [1.807, 2.05) is 26.0 Å². The first kappa shape index (κ1) is 18.5. The van der Waals surface area contributed by atoms with E-state index in [1.165, 1.54) is 0 Å². The Hall–Kier alpha value is -1.25. The van der Waals surface area contributed by atoms with Crippen molar-refractivity contribution in [3.8, 4) is 5.75 Å². The highest BCUT2D eigenvalue weighted by Crippen LogP contribution is 2.23. The minimum absolute atomic E-state index is 0.286. The quantitative estimate of drug-likeness (QED) is 0.493. The largest absolute Gasteiger partial charge is 0.507 e. The van der Waals surface area contributed by atoms with Crippen LogP contribution in [0.1, 0.15) is 24.5 Å². The van der Waals surface area contributed by atoms with E-state index in [1.54, 1.807) is 6.07 Å². The van der Waals surface area contributed by atoms with Crippen LogP contribution in [-0.2, 0) is 13.3 Å². The van der Waals surface area contributed by atoms with Gasteiger partial charge in [-0.3, -0.25) is 9.89 Å². The minimum Gasteiger partial charge on any atom is -0.507 e. The Kier molecular flexibility index (Phi) is 6.24. The van der Waals surface area contributed by atoms with E-state index in [9.17, 15) is 5.11 Å². The average Bonchev–Trinajstić information content (AvgIpc) is 2.51. The molecule has 1 aromatic rings. The van der Waals surface area contributed by atoms with Gasteiger partial charge in [-0.1, -0.05) is 6.07 Å². The van der Waals surface area contributed by atoms with Crippen LogP contribution in [0.4, 0.5) is 0 Å². The van der Waals surface area contributed by atoms with Crippen LogP contribution in [0.5, 0.6) is 5.75 Å². The van der Waals surface area contributed by atoms with Gasteiger partial charge in [-0.2, -0.15) is 0 Å². The molecule has 0 amide bonds. The molecule has 138 valence electrons. The molecule has 0 aromatic heterocycles. The van der Waals surface area contributed by atoms with Crippen LogP contribution in [0, 0.1) is 6.92 Å². The first-order valence-corrected chi connectivity index (χ1v) is 11.0. The molecule has 3 fully saturated rings. The lowest BCUT2D eigenvalue weighted by atomic mass is 10.1. The predicted molar refractivity (Wildman–Crippen MR) is 99.4 cm³/mol. The molecule has 3 heterocycles. The maximum atomic E-state index is 10.1. The van der Waals surface area contributed by atoms with Gasteiger partial charge in [0, 0.05) is 43.5 Å². The molecule has 3 saturated heterocycles. The number of fused-ring (bicyclic) bond motifs is 6. The highest BCUT2D eigenvalue weighted by atomic mass is 28.4. The number of rotatable bonds is 5. The van der Waals surface area contributed by atoms with Crippen LogP contribution in [0.2, 0.25) is 6.04 Å². The number of hydrogen-bond donors (Lipinski definition) is 1. The van der Waals surface area contributed by atoms with E-state index in [0.717, 1.165) is 48.9 Å². The molecule has 0 atom stereocenters. The van der Waals surface area contributed by atoms with E-state index in [4.69, 9.17) is 13.3 Å². The molecule has 2 bridgehead atoms. The Labute approximate surface area is 150 Å². The van der Waals surface area contributed by atoms with Gasteiger partial charge in [0.1, 0.15) is 5.75 Å². The molecule has 0 saturated carbocycles. The molecule has 6 nitrogen and oxygen atoms in total. The maximum Gasteiger partial charge on any atom is 0.501 e. The molecule has 3 aliphatic rings. The van der Waals surface area contributed by atoms with Crippen molar-refractivity contribution in [3.05, 3.63) is 29.3 Å². The molecule has 0 spiro atoms. The molecule has 0 radical (unpaired) electrons. The van der Waals surface area contributed by atoms with Gasteiger partial charge in [-0.15, -0.1) is 0 Å². The molecule has 4 rings (SSSR count). The lowest BCUT2D eigenvalue weighted by molar-refractivity contribution is -0.00841. The van der Waals surface area contributed by atoms with Crippen molar-refractivity contribution in [1.29, 1.82) is 0 Å². The number of aryl methyl sites for hydroxylation is 1. The van der Waals surface area contributed by atoms with E-state index >= 15 is 0 Å². The van der Waals surface area contributed by atoms with Crippen molar-refractivity contribution >= 4 is 14.5 Å². The fourth-order valence-corrected chi connectivity index (χ4v) is 5.72. The summed E-state index contributed by atoms with van der Waals surface area (Å²) < 4.78 is 18.1. The molecule has 0 unspecified atom stereocenters. The topological polar surface area (TPSA) is 63.5 Å². The second-order valence-electron chi connectivity index (χ2n) is 6.66. The fraction of sp³-hybridized carbons (Fsp3) is 0.611. The van der Waals surface area contributed by atoms with Gasteiger partial charge < -0.3 is 18.4 Å². The zero-order chi connectivity index (χ0) is 17.7. The van der Waals surface area contributed by atoms with Gasteiger partial charge in [0.2, 0.25) is 0 Å². The summed E-state index contributed by atoms with van der Waals surface area (Å²) in [7, 11) is -2.54. The van der Waals surface area contributed by atoms with E-state index < -0.39 is 8.80 Å². The number of phenols is 1. The summed E-state index contributed by atoms with van der Waals surface area (Å²) in [6.07, 6.45) is 0.861.